The summed E-state index contributed by atoms with van der Waals surface area (Å²) in [6.45, 7) is 3.25. The summed E-state index contributed by atoms with van der Waals surface area (Å²) >= 11 is 0. The van der Waals surface area contributed by atoms with Crippen molar-refractivity contribution in [3.8, 4) is 0 Å². The second kappa shape index (κ2) is 9.71. The molecule has 1 fully saturated rings. The summed E-state index contributed by atoms with van der Waals surface area (Å²) in [6, 6.07) is 20.9. The fourth-order valence-corrected chi connectivity index (χ4v) is 5.37. The van der Waals surface area contributed by atoms with E-state index < -0.39 is 15.9 Å². The van der Waals surface area contributed by atoms with Gasteiger partial charge < -0.3 is 9.73 Å². The van der Waals surface area contributed by atoms with Crippen LogP contribution in [0.25, 0.3) is 0 Å². The maximum absolute atomic E-state index is 13.0. The number of carbonyl (C=O) groups is 1. The minimum absolute atomic E-state index is 0.00495. The number of sulfonamides is 1. The molecule has 0 bridgehead atoms. The molecule has 1 N–H and O–H groups in total. The predicted molar refractivity (Wildman–Crippen MR) is 123 cm³/mol. The summed E-state index contributed by atoms with van der Waals surface area (Å²) in [7, 11) is -3.76. The second-order valence-corrected chi connectivity index (χ2v) is 10.2. The molecule has 3 aromatic rings. The molecule has 2 aromatic carbocycles. The first kappa shape index (κ1) is 22.3. The summed E-state index contributed by atoms with van der Waals surface area (Å²) in [4.78, 5) is 12.4. The zero-order valence-electron chi connectivity index (χ0n) is 18.2. The van der Waals surface area contributed by atoms with Crippen LogP contribution in [0.4, 0.5) is 0 Å². The number of carbonyl (C=O) groups excluding carboxylic acids is 1. The first-order valence-electron chi connectivity index (χ1n) is 10.9. The molecule has 4 rings (SSSR count). The molecule has 1 aliphatic heterocycles. The molecule has 0 unspecified atom stereocenters. The van der Waals surface area contributed by atoms with Gasteiger partial charge in [0.1, 0.15) is 0 Å². The van der Waals surface area contributed by atoms with Crippen molar-refractivity contribution in [3.63, 3.8) is 0 Å². The maximum Gasteiger partial charge on any atom is 0.287 e. The molecule has 1 aromatic heterocycles. The van der Waals surface area contributed by atoms with E-state index in [-0.39, 0.29) is 10.9 Å². The highest BCUT2D eigenvalue weighted by Crippen LogP contribution is 2.27. The number of hydrogen-bond acceptors (Lipinski definition) is 4. The van der Waals surface area contributed by atoms with E-state index in [0.717, 1.165) is 30.4 Å². The molecule has 1 amide bonds. The van der Waals surface area contributed by atoms with E-state index in [0.29, 0.717) is 25.6 Å². The largest absolute Gasteiger partial charge is 0.438 e. The number of nitrogens with one attached hydrogen (secondary N) is 1. The fourth-order valence-electron chi connectivity index (χ4n) is 3.98. The molecule has 0 aliphatic carbocycles. The average Bonchev–Trinajstić information content (AvgIpc) is 3.31. The Labute approximate surface area is 189 Å². The van der Waals surface area contributed by atoms with Gasteiger partial charge in [-0.25, -0.2) is 8.42 Å². The summed E-state index contributed by atoms with van der Waals surface area (Å²) in [6.07, 6.45) is 2.57. The fraction of sp³-hybridized carbons (Fsp3) is 0.320. The molecular formula is C25H28N2O4S. The van der Waals surface area contributed by atoms with Gasteiger partial charge in [-0.15, -0.1) is 0 Å². The van der Waals surface area contributed by atoms with Gasteiger partial charge in [-0.2, -0.15) is 4.31 Å². The molecule has 0 saturated carbocycles. The van der Waals surface area contributed by atoms with Crippen molar-refractivity contribution in [2.75, 3.05) is 13.1 Å². The normalized spacial score (nSPS) is 15.5. The van der Waals surface area contributed by atoms with Crippen molar-refractivity contribution in [2.45, 2.75) is 37.8 Å². The number of nitrogens with zero attached hydrogens (tertiary/aromatic N) is 1. The standard InChI is InChI=1S/C25H28N2O4S/c1-19-7-9-22(10-8-19)18-26-25(28)23-11-12-24(31-23)32(29,30)27-15-13-21(14-16-27)17-20-5-3-2-4-6-20/h2-12,21H,13-18H2,1H3,(H,26,28). The maximum atomic E-state index is 13.0. The molecule has 0 radical (unpaired) electrons. The van der Waals surface area contributed by atoms with Gasteiger partial charge in [0.2, 0.25) is 5.09 Å². The van der Waals surface area contributed by atoms with Gasteiger partial charge in [0.25, 0.3) is 15.9 Å². The van der Waals surface area contributed by atoms with E-state index in [1.165, 1.54) is 22.0 Å². The van der Waals surface area contributed by atoms with Crippen LogP contribution >= 0.6 is 0 Å². The number of piperidine rings is 1. The van der Waals surface area contributed by atoms with Gasteiger partial charge in [-0.1, -0.05) is 60.2 Å². The Kier molecular flexibility index (Phi) is 6.77. The topological polar surface area (TPSA) is 79.6 Å². The molecule has 1 saturated heterocycles. The van der Waals surface area contributed by atoms with E-state index in [1.807, 2.05) is 49.4 Å². The first-order chi connectivity index (χ1) is 15.4. The van der Waals surface area contributed by atoms with Gasteiger partial charge in [0.05, 0.1) is 0 Å². The molecule has 168 valence electrons. The summed E-state index contributed by atoms with van der Waals surface area (Å²) in [5, 5.41) is 2.59. The Morgan fingerprint density at radius 3 is 2.34 bits per heavy atom. The van der Waals surface area contributed by atoms with Gasteiger partial charge in [-0.3, -0.25) is 4.79 Å². The molecule has 0 atom stereocenters. The summed E-state index contributed by atoms with van der Waals surface area (Å²) in [5.74, 6) is 0.0202. The highest BCUT2D eigenvalue weighted by Gasteiger charge is 2.32. The monoisotopic (exact) mass is 452 g/mol. The Bertz CT molecular complexity index is 1150. The molecular weight excluding hydrogens is 424 g/mol. The van der Waals surface area contributed by atoms with Crippen LogP contribution < -0.4 is 5.32 Å². The third-order valence-corrected chi connectivity index (χ3v) is 7.69. The van der Waals surface area contributed by atoms with Crippen molar-refractivity contribution in [2.24, 2.45) is 5.92 Å². The van der Waals surface area contributed by atoms with Crippen LogP contribution in [0, 0.1) is 12.8 Å². The van der Waals surface area contributed by atoms with E-state index in [2.05, 4.69) is 17.4 Å². The Morgan fingerprint density at radius 2 is 1.66 bits per heavy atom. The number of amides is 1. The molecule has 1 aliphatic rings. The molecule has 2 heterocycles. The van der Waals surface area contributed by atoms with Crippen molar-refractivity contribution in [3.05, 3.63) is 89.2 Å². The summed E-state index contributed by atoms with van der Waals surface area (Å²) < 4.78 is 32.9. The first-order valence-corrected chi connectivity index (χ1v) is 12.3. The molecule has 0 spiro atoms. The number of hydrogen-bond donors (Lipinski definition) is 1. The van der Waals surface area contributed by atoms with Crippen LogP contribution in [0.1, 0.15) is 40.1 Å². The van der Waals surface area contributed by atoms with E-state index in [9.17, 15) is 13.2 Å². The van der Waals surface area contributed by atoms with Crippen LogP contribution in [-0.2, 0) is 23.0 Å². The summed E-state index contributed by atoms with van der Waals surface area (Å²) in [5.41, 5.74) is 3.38. The van der Waals surface area contributed by atoms with Crippen molar-refractivity contribution in [1.82, 2.24) is 9.62 Å². The van der Waals surface area contributed by atoms with Crippen LogP contribution in [0.3, 0.4) is 0 Å². The zero-order valence-corrected chi connectivity index (χ0v) is 19.0. The van der Waals surface area contributed by atoms with Gasteiger partial charge >= 0.3 is 0 Å². The highest BCUT2D eigenvalue weighted by molar-refractivity contribution is 7.89. The lowest BCUT2D eigenvalue weighted by molar-refractivity contribution is 0.0917. The number of rotatable bonds is 7. The van der Waals surface area contributed by atoms with Gasteiger partial charge in [0.15, 0.2) is 5.76 Å². The van der Waals surface area contributed by atoms with Gasteiger partial charge in [-0.05, 0) is 55.4 Å². The third-order valence-electron chi connectivity index (χ3n) is 5.91. The van der Waals surface area contributed by atoms with Crippen molar-refractivity contribution >= 4 is 15.9 Å². The van der Waals surface area contributed by atoms with Crippen LogP contribution in [0.2, 0.25) is 0 Å². The Hall–Kier alpha value is -2.90. The third kappa shape index (κ3) is 5.29. The van der Waals surface area contributed by atoms with Crippen molar-refractivity contribution in [1.29, 1.82) is 0 Å². The van der Waals surface area contributed by atoms with E-state index in [4.69, 9.17) is 4.42 Å². The van der Waals surface area contributed by atoms with E-state index in [1.54, 1.807) is 0 Å². The lowest BCUT2D eigenvalue weighted by atomic mass is 9.91. The number of furan rings is 1. The van der Waals surface area contributed by atoms with Gasteiger partial charge in [0, 0.05) is 19.6 Å². The lowest BCUT2D eigenvalue weighted by Crippen LogP contribution is -2.38. The predicted octanol–water partition coefficient (Wildman–Crippen LogP) is 4.16. The molecule has 32 heavy (non-hydrogen) atoms. The minimum atomic E-state index is -3.76. The second-order valence-electron chi connectivity index (χ2n) is 8.32. The minimum Gasteiger partial charge on any atom is -0.438 e. The molecule has 6 nitrogen and oxygen atoms in total. The average molecular weight is 453 g/mol. The number of benzene rings is 2. The SMILES string of the molecule is Cc1ccc(CNC(=O)c2ccc(S(=O)(=O)N3CCC(Cc4ccccc4)CC3)o2)cc1. The Morgan fingerprint density at radius 1 is 0.969 bits per heavy atom. The highest BCUT2D eigenvalue weighted by atomic mass is 32.2. The zero-order chi connectivity index (χ0) is 22.6. The number of aryl methyl sites for hydroxylation is 1. The van der Waals surface area contributed by atoms with Crippen LogP contribution in [-0.4, -0.2) is 31.7 Å². The quantitative estimate of drug-likeness (QED) is 0.584. The Balaban J connectivity index is 1.33. The van der Waals surface area contributed by atoms with Crippen LogP contribution in [0.5, 0.6) is 0 Å². The molecule has 7 heteroatoms. The van der Waals surface area contributed by atoms with E-state index >= 15 is 0 Å². The lowest BCUT2D eigenvalue weighted by Gasteiger charge is -2.30. The van der Waals surface area contributed by atoms with Crippen LogP contribution in [0.15, 0.2) is 76.2 Å². The van der Waals surface area contributed by atoms with Crippen molar-refractivity contribution < 1.29 is 17.6 Å². The smallest absolute Gasteiger partial charge is 0.287 e.